The Morgan fingerprint density at radius 3 is 2.81 bits per heavy atom. The van der Waals surface area contributed by atoms with Crippen molar-refractivity contribution < 1.29 is 13.5 Å². The number of anilines is 1. The molecule has 0 spiro atoms. The van der Waals surface area contributed by atoms with Gasteiger partial charge in [0.15, 0.2) is 5.82 Å². The van der Waals surface area contributed by atoms with Crippen molar-refractivity contribution in [3.8, 4) is 5.75 Å². The molecule has 0 saturated heterocycles. The van der Waals surface area contributed by atoms with Gasteiger partial charge in [-0.1, -0.05) is 0 Å². The number of nitrogens with zero attached hydrogens (tertiary/aromatic N) is 3. The van der Waals surface area contributed by atoms with Gasteiger partial charge in [-0.2, -0.15) is 13.9 Å². The Kier molecular flexibility index (Phi) is 4.50. The van der Waals surface area contributed by atoms with E-state index in [0.717, 1.165) is 28.6 Å². The van der Waals surface area contributed by atoms with Gasteiger partial charge >= 0.3 is 6.61 Å². The summed E-state index contributed by atoms with van der Waals surface area (Å²) in [6.07, 6.45) is 4.93. The molecule has 0 fully saturated rings. The largest absolute Gasteiger partial charge is 0.435 e. The summed E-state index contributed by atoms with van der Waals surface area (Å²) >= 11 is 1.73. The smallest absolute Gasteiger partial charge is 0.387 e. The summed E-state index contributed by atoms with van der Waals surface area (Å²) in [5.74, 6) is 1.52. The van der Waals surface area contributed by atoms with Gasteiger partial charge in [-0.3, -0.25) is 5.43 Å². The Bertz CT molecular complexity index is 969. The maximum absolute atomic E-state index is 12.2. The summed E-state index contributed by atoms with van der Waals surface area (Å²) in [6, 6.07) is 6.27. The van der Waals surface area contributed by atoms with Gasteiger partial charge in [0.25, 0.3) is 0 Å². The first-order chi connectivity index (χ1) is 12.6. The highest BCUT2D eigenvalue weighted by Crippen LogP contribution is 2.39. The van der Waals surface area contributed by atoms with Crippen molar-refractivity contribution in [3.63, 3.8) is 0 Å². The van der Waals surface area contributed by atoms with Crippen molar-refractivity contribution in [1.29, 1.82) is 0 Å². The fourth-order valence-corrected chi connectivity index (χ4v) is 4.39. The van der Waals surface area contributed by atoms with Gasteiger partial charge < -0.3 is 4.74 Å². The zero-order valence-corrected chi connectivity index (χ0v) is 14.8. The Morgan fingerprint density at radius 2 is 2.04 bits per heavy atom. The molecule has 5 nitrogen and oxygen atoms in total. The first-order valence-electron chi connectivity index (χ1n) is 8.23. The maximum Gasteiger partial charge on any atom is 0.387 e. The minimum absolute atomic E-state index is 0.118. The molecule has 134 valence electrons. The Hall–Kier alpha value is -2.61. The molecule has 0 amide bonds. The van der Waals surface area contributed by atoms with E-state index in [1.54, 1.807) is 29.7 Å². The average Bonchev–Trinajstić information content (AvgIpc) is 3.16. The fourth-order valence-electron chi connectivity index (χ4n) is 3.09. The number of hydrogen-bond donors (Lipinski definition) is 1. The van der Waals surface area contributed by atoms with Crippen LogP contribution in [0.25, 0.3) is 10.2 Å². The lowest BCUT2D eigenvalue weighted by Crippen LogP contribution is -2.01. The number of nitrogens with one attached hydrogen (secondary N) is 1. The van der Waals surface area contributed by atoms with E-state index in [9.17, 15) is 8.78 Å². The van der Waals surface area contributed by atoms with Crippen LogP contribution >= 0.6 is 11.3 Å². The summed E-state index contributed by atoms with van der Waals surface area (Å²) in [5, 5.41) is 5.31. The maximum atomic E-state index is 12.2. The van der Waals surface area contributed by atoms with Crippen molar-refractivity contribution >= 4 is 33.6 Å². The van der Waals surface area contributed by atoms with Crippen molar-refractivity contribution in [2.75, 3.05) is 5.43 Å². The van der Waals surface area contributed by atoms with E-state index in [1.165, 1.54) is 29.0 Å². The number of benzene rings is 1. The third kappa shape index (κ3) is 3.37. The molecule has 26 heavy (non-hydrogen) atoms. The number of thiophene rings is 1. The van der Waals surface area contributed by atoms with Gasteiger partial charge in [0.2, 0.25) is 0 Å². The zero-order chi connectivity index (χ0) is 18.1. The minimum atomic E-state index is -2.83. The predicted octanol–water partition coefficient (Wildman–Crippen LogP) is 4.54. The molecule has 1 aliphatic carbocycles. The lowest BCUT2D eigenvalue weighted by molar-refractivity contribution is -0.0498. The van der Waals surface area contributed by atoms with E-state index in [-0.39, 0.29) is 5.75 Å². The lowest BCUT2D eigenvalue weighted by atomic mass is 10.2. The normalized spacial score (nSPS) is 13.7. The molecule has 1 aliphatic rings. The first-order valence-corrected chi connectivity index (χ1v) is 9.04. The molecule has 0 radical (unpaired) electrons. The Balaban J connectivity index is 1.55. The second kappa shape index (κ2) is 6.95. The Labute approximate surface area is 152 Å². The van der Waals surface area contributed by atoms with Crippen LogP contribution in [-0.4, -0.2) is 22.8 Å². The Morgan fingerprint density at radius 1 is 1.23 bits per heavy atom. The van der Waals surface area contributed by atoms with Crippen LogP contribution in [0.15, 0.2) is 29.4 Å². The molecule has 0 atom stereocenters. The van der Waals surface area contributed by atoms with Gasteiger partial charge in [-0.25, -0.2) is 9.97 Å². The monoisotopic (exact) mass is 374 g/mol. The highest BCUT2D eigenvalue weighted by Gasteiger charge is 2.21. The second-order valence-electron chi connectivity index (χ2n) is 5.97. The number of halogens is 2. The van der Waals surface area contributed by atoms with E-state index in [2.05, 4.69) is 25.2 Å². The number of alkyl halides is 2. The molecular formula is C18H16F2N4OS. The van der Waals surface area contributed by atoms with Crippen LogP contribution in [0, 0.1) is 6.92 Å². The summed E-state index contributed by atoms with van der Waals surface area (Å²) in [6.45, 7) is -0.965. The van der Waals surface area contributed by atoms with Gasteiger partial charge in [-0.05, 0) is 61.6 Å². The summed E-state index contributed by atoms with van der Waals surface area (Å²) < 4.78 is 28.7. The quantitative estimate of drug-likeness (QED) is 0.526. The molecule has 3 aromatic rings. The van der Waals surface area contributed by atoms with Crippen LogP contribution in [-0.2, 0) is 12.8 Å². The summed E-state index contributed by atoms with van der Waals surface area (Å²) in [5.41, 5.74) is 5.10. The van der Waals surface area contributed by atoms with Gasteiger partial charge in [0.1, 0.15) is 16.4 Å². The second-order valence-corrected chi connectivity index (χ2v) is 7.06. The number of fused-ring (bicyclic) bond motifs is 3. The highest BCUT2D eigenvalue weighted by molar-refractivity contribution is 7.19. The number of ether oxygens (including phenoxy) is 1. The standard InChI is InChI=1S/C18H16F2N4OS/c1-10-22-16(15-13-3-2-4-14(13)26-17(15)23-10)24-21-9-11-5-7-12(8-6-11)25-18(19)20/h5-9,18H,2-4H2,1H3,(H,22,23,24)/b21-9-. The van der Waals surface area contributed by atoms with E-state index in [0.29, 0.717) is 11.6 Å². The molecule has 2 heterocycles. The molecule has 0 saturated carbocycles. The van der Waals surface area contributed by atoms with Crippen LogP contribution < -0.4 is 10.2 Å². The molecule has 0 unspecified atom stereocenters. The molecule has 4 rings (SSSR count). The third-order valence-corrected chi connectivity index (χ3v) is 5.35. The molecule has 0 aliphatic heterocycles. The van der Waals surface area contributed by atoms with Crippen molar-refractivity contribution in [3.05, 3.63) is 46.1 Å². The molecule has 8 heteroatoms. The van der Waals surface area contributed by atoms with Crippen molar-refractivity contribution in [2.24, 2.45) is 5.10 Å². The van der Waals surface area contributed by atoms with E-state index < -0.39 is 6.61 Å². The number of rotatable bonds is 5. The van der Waals surface area contributed by atoms with E-state index in [1.807, 2.05) is 6.92 Å². The number of hydrazone groups is 1. The van der Waals surface area contributed by atoms with Gasteiger partial charge in [0, 0.05) is 4.88 Å². The van der Waals surface area contributed by atoms with E-state index in [4.69, 9.17) is 0 Å². The number of aromatic nitrogens is 2. The molecule has 1 N–H and O–H groups in total. The zero-order valence-electron chi connectivity index (χ0n) is 14.0. The SMILES string of the molecule is Cc1nc(N/N=C\c2ccc(OC(F)F)cc2)c2c3c(sc2n1)CCC3. The summed E-state index contributed by atoms with van der Waals surface area (Å²) in [4.78, 5) is 11.4. The highest BCUT2D eigenvalue weighted by atomic mass is 32.1. The van der Waals surface area contributed by atoms with Crippen LogP contribution in [0.3, 0.4) is 0 Å². The number of hydrogen-bond acceptors (Lipinski definition) is 6. The first kappa shape index (κ1) is 16.8. The van der Waals surface area contributed by atoms with Crippen LogP contribution in [0.4, 0.5) is 14.6 Å². The third-order valence-electron chi connectivity index (χ3n) is 4.17. The van der Waals surface area contributed by atoms with Gasteiger partial charge in [0.05, 0.1) is 11.6 Å². The fraction of sp³-hybridized carbons (Fsp3) is 0.278. The minimum Gasteiger partial charge on any atom is -0.435 e. The molecular weight excluding hydrogens is 358 g/mol. The summed E-state index contributed by atoms with van der Waals surface area (Å²) in [7, 11) is 0. The molecule has 2 aromatic heterocycles. The van der Waals surface area contributed by atoms with E-state index >= 15 is 0 Å². The molecule has 1 aromatic carbocycles. The average molecular weight is 374 g/mol. The molecule has 0 bridgehead atoms. The predicted molar refractivity (Wildman–Crippen MR) is 98.5 cm³/mol. The van der Waals surface area contributed by atoms with Crippen molar-refractivity contribution in [2.45, 2.75) is 32.8 Å². The van der Waals surface area contributed by atoms with Crippen LogP contribution in [0.1, 0.15) is 28.2 Å². The lowest BCUT2D eigenvalue weighted by Gasteiger charge is -2.05. The van der Waals surface area contributed by atoms with Gasteiger partial charge in [-0.15, -0.1) is 11.3 Å². The van der Waals surface area contributed by atoms with Crippen LogP contribution in [0.2, 0.25) is 0 Å². The van der Waals surface area contributed by atoms with Crippen LogP contribution in [0.5, 0.6) is 5.75 Å². The number of aryl methyl sites for hydroxylation is 3. The topological polar surface area (TPSA) is 59.4 Å². The van der Waals surface area contributed by atoms with Crippen molar-refractivity contribution in [1.82, 2.24) is 9.97 Å².